The first-order chi connectivity index (χ1) is 12.0. The van der Waals surface area contributed by atoms with E-state index in [4.69, 9.17) is 5.73 Å². The molecule has 1 aromatic carbocycles. The molecule has 1 heterocycles. The van der Waals surface area contributed by atoms with Gasteiger partial charge >= 0.3 is 0 Å². The molecule has 1 fully saturated rings. The Kier molecular flexibility index (Phi) is 5.20. The Hall–Kier alpha value is -2.58. The SMILES string of the molecule is Cc1cc(C)nc(Nc2cc(N[C@@H]3CCCC[C@@H]3N)ccc2C#N)c1. The molecule has 3 rings (SSSR count). The molecule has 5 nitrogen and oxygen atoms in total. The Labute approximate surface area is 149 Å². The van der Waals surface area contributed by atoms with Crippen molar-refractivity contribution in [2.75, 3.05) is 10.6 Å². The number of benzene rings is 1. The highest BCUT2D eigenvalue weighted by Gasteiger charge is 2.21. The van der Waals surface area contributed by atoms with Crippen LogP contribution in [-0.2, 0) is 0 Å². The number of nitriles is 1. The maximum Gasteiger partial charge on any atom is 0.130 e. The predicted molar refractivity (Wildman–Crippen MR) is 102 cm³/mol. The number of pyridine rings is 1. The highest BCUT2D eigenvalue weighted by atomic mass is 15.0. The molecule has 0 aliphatic heterocycles. The second-order valence-corrected chi connectivity index (χ2v) is 6.87. The van der Waals surface area contributed by atoms with Crippen LogP contribution in [0.1, 0.15) is 42.5 Å². The molecule has 1 aliphatic rings. The number of nitrogens with zero attached hydrogens (tertiary/aromatic N) is 2. The van der Waals surface area contributed by atoms with E-state index in [9.17, 15) is 5.26 Å². The van der Waals surface area contributed by atoms with Gasteiger partial charge in [-0.2, -0.15) is 5.26 Å². The Morgan fingerprint density at radius 1 is 1.16 bits per heavy atom. The summed E-state index contributed by atoms with van der Waals surface area (Å²) in [6.07, 6.45) is 4.56. The molecule has 2 atom stereocenters. The van der Waals surface area contributed by atoms with Crippen LogP contribution in [0.25, 0.3) is 0 Å². The summed E-state index contributed by atoms with van der Waals surface area (Å²) in [5.74, 6) is 0.750. The van der Waals surface area contributed by atoms with Crippen molar-refractivity contribution in [1.29, 1.82) is 5.26 Å². The highest BCUT2D eigenvalue weighted by molar-refractivity contribution is 5.70. The summed E-state index contributed by atoms with van der Waals surface area (Å²) < 4.78 is 0. The second kappa shape index (κ2) is 7.54. The Bertz CT molecular complexity index is 773. The lowest BCUT2D eigenvalue weighted by molar-refractivity contribution is 0.404. The summed E-state index contributed by atoms with van der Waals surface area (Å²) in [6.45, 7) is 4.00. The van der Waals surface area contributed by atoms with Gasteiger partial charge in [0, 0.05) is 23.5 Å². The molecule has 1 aliphatic carbocycles. The van der Waals surface area contributed by atoms with Crippen LogP contribution in [0.3, 0.4) is 0 Å². The maximum atomic E-state index is 9.41. The topological polar surface area (TPSA) is 86.8 Å². The van der Waals surface area contributed by atoms with Crippen LogP contribution in [0.4, 0.5) is 17.2 Å². The standard InChI is InChI=1S/C20H25N5/c1-13-9-14(2)23-20(10-13)25-19-11-16(8-7-15(19)12-21)24-18-6-4-3-5-17(18)22/h7-11,17-18,24H,3-6,22H2,1-2H3,(H,23,25)/t17-,18+/m0/s1. The molecule has 5 heteroatoms. The highest BCUT2D eigenvalue weighted by Crippen LogP contribution is 2.27. The zero-order chi connectivity index (χ0) is 17.8. The van der Waals surface area contributed by atoms with E-state index in [-0.39, 0.29) is 12.1 Å². The Morgan fingerprint density at radius 3 is 2.68 bits per heavy atom. The smallest absolute Gasteiger partial charge is 0.130 e. The zero-order valence-electron chi connectivity index (χ0n) is 14.8. The Balaban J connectivity index is 1.83. The predicted octanol–water partition coefficient (Wildman–Crippen LogP) is 4.00. The minimum atomic E-state index is 0.182. The summed E-state index contributed by atoms with van der Waals surface area (Å²) in [5, 5.41) is 16.2. The second-order valence-electron chi connectivity index (χ2n) is 6.87. The molecule has 2 aromatic rings. The molecule has 25 heavy (non-hydrogen) atoms. The van der Waals surface area contributed by atoms with Gasteiger partial charge in [-0.1, -0.05) is 12.8 Å². The molecular formula is C20H25N5. The third-order valence-electron chi connectivity index (χ3n) is 4.67. The third kappa shape index (κ3) is 4.28. The molecule has 0 bridgehead atoms. The van der Waals surface area contributed by atoms with Crippen LogP contribution >= 0.6 is 0 Å². The number of aromatic nitrogens is 1. The van der Waals surface area contributed by atoms with Crippen LogP contribution in [0.15, 0.2) is 30.3 Å². The van der Waals surface area contributed by atoms with Crippen molar-refractivity contribution in [3.63, 3.8) is 0 Å². The molecule has 0 radical (unpaired) electrons. The average Bonchev–Trinajstić information content (AvgIpc) is 2.56. The van der Waals surface area contributed by atoms with Gasteiger partial charge in [0.25, 0.3) is 0 Å². The van der Waals surface area contributed by atoms with E-state index in [1.807, 2.05) is 44.2 Å². The maximum absolute atomic E-state index is 9.41. The minimum Gasteiger partial charge on any atom is -0.381 e. The lowest BCUT2D eigenvalue weighted by atomic mass is 9.91. The molecule has 1 saturated carbocycles. The van der Waals surface area contributed by atoms with Gasteiger partial charge < -0.3 is 16.4 Å². The van der Waals surface area contributed by atoms with E-state index >= 15 is 0 Å². The molecule has 0 unspecified atom stereocenters. The first-order valence-corrected chi connectivity index (χ1v) is 8.84. The van der Waals surface area contributed by atoms with Gasteiger partial charge in [-0.15, -0.1) is 0 Å². The summed E-state index contributed by atoms with van der Waals surface area (Å²) >= 11 is 0. The molecule has 1 aromatic heterocycles. The molecule has 0 amide bonds. The summed E-state index contributed by atoms with van der Waals surface area (Å²) in [5.41, 5.74) is 10.7. The number of hydrogen-bond donors (Lipinski definition) is 3. The third-order valence-corrected chi connectivity index (χ3v) is 4.67. The van der Waals surface area contributed by atoms with Crippen molar-refractivity contribution in [2.24, 2.45) is 5.73 Å². The van der Waals surface area contributed by atoms with Crippen LogP contribution in [0.2, 0.25) is 0 Å². The van der Waals surface area contributed by atoms with Crippen molar-refractivity contribution in [1.82, 2.24) is 4.98 Å². The van der Waals surface area contributed by atoms with Gasteiger partial charge in [0.1, 0.15) is 11.9 Å². The fourth-order valence-corrected chi connectivity index (χ4v) is 3.43. The van der Waals surface area contributed by atoms with E-state index in [0.717, 1.165) is 41.3 Å². The number of nitrogens with two attached hydrogens (primary N) is 1. The van der Waals surface area contributed by atoms with Crippen molar-refractivity contribution in [2.45, 2.75) is 51.6 Å². The van der Waals surface area contributed by atoms with Crippen LogP contribution in [0, 0.1) is 25.2 Å². The van der Waals surface area contributed by atoms with Gasteiger partial charge in [0.2, 0.25) is 0 Å². The summed E-state index contributed by atoms with van der Waals surface area (Å²) in [6, 6.07) is 12.5. The summed E-state index contributed by atoms with van der Waals surface area (Å²) in [7, 11) is 0. The van der Waals surface area contributed by atoms with Crippen molar-refractivity contribution < 1.29 is 0 Å². The minimum absolute atomic E-state index is 0.182. The van der Waals surface area contributed by atoms with E-state index in [1.54, 1.807) is 0 Å². The van der Waals surface area contributed by atoms with Crippen molar-refractivity contribution >= 4 is 17.2 Å². The lowest BCUT2D eigenvalue weighted by Gasteiger charge is -2.30. The average molecular weight is 335 g/mol. The fraction of sp³-hybridized carbons (Fsp3) is 0.400. The normalized spacial score (nSPS) is 19.9. The number of hydrogen-bond acceptors (Lipinski definition) is 5. The van der Waals surface area contributed by atoms with Crippen LogP contribution in [0.5, 0.6) is 0 Å². The van der Waals surface area contributed by atoms with Crippen LogP contribution in [-0.4, -0.2) is 17.1 Å². The monoisotopic (exact) mass is 335 g/mol. The van der Waals surface area contributed by atoms with Crippen LogP contribution < -0.4 is 16.4 Å². The van der Waals surface area contributed by atoms with Gasteiger partial charge in [0.05, 0.1) is 11.3 Å². The van der Waals surface area contributed by atoms with E-state index in [2.05, 4.69) is 21.7 Å². The van der Waals surface area contributed by atoms with Gasteiger partial charge in [-0.05, 0) is 62.6 Å². The number of nitrogens with one attached hydrogen (secondary N) is 2. The van der Waals surface area contributed by atoms with E-state index < -0.39 is 0 Å². The van der Waals surface area contributed by atoms with Gasteiger partial charge in [0.15, 0.2) is 0 Å². The zero-order valence-corrected chi connectivity index (χ0v) is 14.8. The first-order valence-electron chi connectivity index (χ1n) is 8.84. The molecule has 0 saturated heterocycles. The van der Waals surface area contributed by atoms with E-state index in [1.165, 1.54) is 12.8 Å². The largest absolute Gasteiger partial charge is 0.381 e. The van der Waals surface area contributed by atoms with Crippen molar-refractivity contribution in [3.8, 4) is 6.07 Å². The number of rotatable bonds is 4. The quantitative estimate of drug-likeness (QED) is 0.786. The Morgan fingerprint density at radius 2 is 1.96 bits per heavy atom. The van der Waals surface area contributed by atoms with Gasteiger partial charge in [-0.25, -0.2) is 4.98 Å². The van der Waals surface area contributed by atoms with Crippen molar-refractivity contribution in [3.05, 3.63) is 47.2 Å². The van der Waals surface area contributed by atoms with Gasteiger partial charge in [-0.3, -0.25) is 0 Å². The molecular weight excluding hydrogens is 310 g/mol. The number of aryl methyl sites for hydroxylation is 2. The molecule has 130 valence electrons. The molecule has 4 N–H and O–H groups in total. The molecule has 0 spiro atoms. The first kappa shape index (κ1) is 17.2. The lowest BCUT2D eigenvalue weighted by Crippen LogP contribution is -2.42. The van der Waals surface area contributed by atoms with E-state index in [0.29, 0.717) is 5.56 Å². The fourth-order valence-electron chi connectivity index (χ4n) is 3.43. The summed E-state index contributed by atoms with van der Waals surface area (Å²) in [4.78, 5) is 4.50. The number of anilines is 3.